The van der Waals surface area contributed by atoms with E-state index < -0.39 is 0 Å². The van der Waals surface area contributed by atoms with Gasteiger partial charge in [-0.3, -0.25) is 0 Å². The Kier molecular flexibility index (Phi) is 6.91. The van der Waals surface area contributed by atoms with E-state index in [9.17, 15) is 5.11 Å². The van der Waals surface area contributed by atoms with Gasteiger partial charge in [-0.25, -0.2) is 0 Å². The highest BCUT2D eigenvalue weighted by Gasteiger charge is 2.22. The molecule has 2 aromatic carbocycles. The summed E-state index contributed by atoms with van der Waals surface area (Å²) in [6, 6.07) is 15.8. The zero-order valence-corrected chi connectivity index (χ0v) is 16.3. The molecule has 3 rings (SSSR count). The van der Waals surface area contributed by atoms with Crippen molar-refractivity contribution in [2.45, 2.75) is 11.0 Å². The summed E-state index contributed by atoms with van der Waals surface area (Å²) < 4.78 is 0. The lowest BCUT2D eigenvalue weighted by molar-refractivity contribution is -0.903. The number of hydrogen-bond donors (Lipinski definition) is 2. The van der Waals surface area contributed by atoms with Crippen molar-refractivity contribution < 1.29 is 10.0 Å². The molecule has 0 amide bonds. The Morgan fingerprint density at radius 2 is 1.84 bits per heavy atom. The molecule has 0 aliphatic carbocycles. The molecular weight excluding hydrogens is 375 g/mol. The minimum absolute atomic E-state index is 0.325. The summed E-state index contributed by atoms with van der Waals surface area (Å²) in [6.07, 6.45) is -0.325. The third kappa shape index (κ3) is 5.53. The van der Waals surface area contributed by atoms with E-state index in [4.69, 9.17) is 23.2 Å². The van der Waals surface area contributed by atoms with Crippen LogP contribution < -0.4 is 9.80 Å². The Morgan fingerprint density at radius 3 is 2.56 bits per heavy atom. The van der Waals surface area contributed by atoms with Crippen molar-refractivity contribution in [3.05, 3.63) is 58.6 Å². The van der Waals surface area contributed by atoms with Crippen LogP contribution in [0.25, 0.3) is 0 Å². The van der Waals surface area contributed by atoms with Crippen molar-refractivity contribution >= 4 is 40.7 Å². The minimum atomic E-state index is -0.325. The third-order valence-electron chi connectivity index (χ3n) is 4.44. The second-order valence-corrected chi connectivity index (χ2v) is 8.22. The van der Waals surface area contributed by atoms with Gasteiger partial charge in [0.15, 0.2) is 0 Å². The molecule has 0 unspecified atom stereocenters. The maximum Gasteiger partial charge on any atom is 0.112 e. The normalized spacial score (nSPS) is 16.8. The minimum Gasteiger partial charge on any atom is -0.386 e. The maximum atomic E-state index is 10.4. The van der Waals surface area contributed by atoms with Gasteiger partial charge in [0, 0.05) is 21.4 Å². The lowest BCUT2D eigenvalue weighted by atomic mass is 10.2. The Morgan fingerprint density at radius 1 is 1.08 bits per heavy atom. The lowest BCUT2D eigenvalue weighted by Crippen LogP contribution is -3.15. The second-order valence-electron chi connectivity index (χ2n) is 6.32. The highest BCUT2D eigenvalue weighted by Crippen LogP contribution is 2.26. The van der Waals surface area contributed by atoms with Crippen LogP contribution in [0.3, 0.4) is 0 Å². The summed E-state index contributed by atoms with van der Waals surface area (Å²) in [6.45, 7) is 4.81. The monoisotopic (exact) mass is 397 g/mol. The summed E-state index contributed by atoms with van der Waals surface area (Å²) in [5.41, 5.74) is 1.18. The number of rotatable bonds is 6. The lowest BCUT2D eigenvalue weighted by Gasteiger charge is -2.34. The molecule has 0 radical (unpaired) electrons. The molecule has 1 heterocycles. The number of nitrogens with zero attached hydrogens (tertiary/aromatic N) is 1. The molecule has 1 atom stereocenters. The highest BCUT2D eigenvalue weighted by molar-refractivity contribution is 7.99. The van der Waals surface area contributed by atoms with Gasteiger partial charge in [0.05, 0.1) is 31.2 Å². The van der Waals surface area contributed by atoms with Crippen LogP contribution in [-0.2, 0) is 0 Å². The van der Waals surface area contributed by atoms with Crippen LogP contribution in [0.2, 0.25) is 10.0 Å². The summed E-state index contributed by atoms with van der Waals surface area (Å²) >= 11 is 13.9. The smallest absolute Gasteiger partial charge is 0.112 e. The average Bonchev–Trinajstić information content (AvgIpc) is 2.62. The fourth-order valence-electron chi connectivity index (χ4n) is 3.10. The molecule has 0 aromatic heterocycles. The Bertz CT molecular complexity index is 693. The average molecular weight is 398 g/mol. The maximum absolute atomic E-state index is 10.4. The van der Waals surface area contributed by atoms with Gasteiger partial charge in [-0.15, -0.1) is 11.8 Å². The SMILES string of the molecule is O[C@@H](CSc1ccccc1Cl)C[NH+]1CCN(c2cccc(Cl)c2)CC1. The molecule has 2 aromatic rings. The summed E-state index contributed by atoms with van der Waals surface area (Å²) in [7, 11) is 0. The second kappa shape index (κ2) is 9.15. The van der Waals surface area contributed by atoms with Crippen LogP contribution >= 0.6 is 35.0 Å². The van der Waals surface area contributed by atoms with Gasteiger partial charge in [0.1, 0.15) is 12.6 Å². The van der Waals surface area contributed by atoms with Crippen molar-refractivity contribution in [1.82, 2.24) is 0 Å². The molecule has 2 N–H and O–H groups in total. The molecule has 0 bridgehead atoms. The van der Waals surface area contributed by atoms with Gasteiger partial charge < -0.3 is 14.9 Å². The van der Waals surface area contributed by atoms with Gasteiger partial charge in [0.2, 0.25) is 0 Å². The number of thioether (sulfide) groups is 1. The fourth-order valence-corrected chi connectivity index (χ4v) is 4.45. The molecule has 1 saturated heterocycles. The molecule has 25 heavy (non-hydrogen) atoms. The molecule has 0 saturated carbocycles. The number of halogens is 2. The van der Waals surface area contributed by atoms with Crippen LogP contribution in [0, 0.1) is 0 Å². The van der Waals surface area contributed by atoms with E-state index in [1.807, 2.05) is 42.5 Å². The molecule has 134 valence electrons. The van der Waals surface area contributed by atoms with Crippen molar-refractivity contribution in [3.63, 3.8) is 0 Å². The van der Waals surface area contributed by atoms with E-state index in [2.05, 4.69) is 11.0 Å². The zero-order valence-electron chi connectivity index (χ0n) is 14.0. The molecule has 0 spiro atoms. The zero-order chi connectivity index (χ0) is 17.6. The first-order chi connectivity index (χ1) is 12.1. The van der Waals surface area contributed by atoms with Crippen LogP contribution in [0.15, 0.2) is 53.4 Å². The number of nitrogens with one attached hydrogen (secondary N) is 1. The largest absolute Gasteiger partial charge is 0.386 e. The number of anilines is 1. The first-order valence-corrected chi connectivity index (χ1v) is 10.3. The van der Waals surface area contributed by atoms with E-state index in [1.165, 1.54) is 10.6 Å². The first kappa shape index (κ1) is 18.9. The van der Waals surface area contributed by atoms with E-state index in [-0.39, 0.29) is 6.10 Å². The summed E-state index contributed by atoms with van der Waals surface area (Å²) in [5, 5.41) is 11.9. The van der Waals surface area contributed by atoms with Crippen LogP contribution in [-0.4, -0.2) is 49.7 Å². The molecule has 1 aliphatic heterocycles. The van der Waals surface area contributed by atoms with E-state index >= 15 is 0 Å². The number of piperazine rings is 1. The van der Waals surface area contributed by atoms with Crippen molar-refractivity contribution in [1.29, 1.82) is 0 Å². The molecular formula is C19H23Cl2N2OS+. The van der Waals surface area contributed by atoms with Gasteiger partial charge in [-0.05, 0) is 30.3 Å². The van der Waals surface area contributed by atoms with Crippen molar-refractivity contribution in [2.24, 2.45) is 0 Å². The van der Waals surface area contributed by atoms with E-state index in [0.717, 1.165) is 47.7 Å². The Hall–Kier alpha value is -0.910. The van der Waals surface area contributed by atoms with E-state index in [0.29, 0.717) is 5.75 Å². The number of hydrogen-bond acceptors (Lipinski definition) is 3. The van der Waals surface area contributed by atoms with Gasteiger partial charge in [0.25, 0.3) is 0 Å². The predicted octanol–water partition coefficient (Wildman–Crippen LogP) is 2.85. The van der Waals surface area contributed by atoms with Crippen LogP contribution in [0.1, 0.15) is 0 Å². The van der Waals surface area contributed by atoms with E-state index in [1.54, 1.807) is 11.8 Å². The molecule has 6 heteroatoms. The fraction of sp³-hybridized carbons (Fsp3) is 0.368. The van der Waals surface area contributed by atoms with Gasteiger partial charge in [-0.1, -0.05) is 41.4 Å². The number of aliphatic hydroxyl groups is 1. The number of aliphatic hydroxyl groups excluding tert-OH is 1. The summed E-state index contributed by atoms with van der Waals surface area (Å²) in [4.78, 5) is 4.84. The predicted molar refractivity (Wildman–Crippen MR) is 107 cm³/mol. The van der Waals surface area contributed by atoms with Gasteiger partial charge in [-0.2, -0.15) is 0 Å². The molecule has 1 fully saturated rings. The third-order valence-corrected chi connectivity index (χ3v) is 6.33. The topological polar surface area (TPSA) is 27.9 Å². The highest BCUT2D eigenvalue weighted by atomic mass is 35.5. The quantitative estimate of drug-likeness (QED) is 0.733. The molecule has 3 nitrogen and oxygen atoms in total. The van der Waals surface area contributed by atoms with Gasteiger partial charge >= 0.3 is 0 Å². The number of benzene rings is 2. The van der Waals surface area contributed by atoms with Crippen molar-refractivity contribution in [3.8, 4) is 0 Å². The Balaban J connectivity index is 1.43. The van der Waals surface area contributed by atoms with Crippen LogP contribution in [0.5, 0.6) is 0 Å². The van der Waals surface area contributed by atoms with Crippen LogP contribution in [0.4, 0.5) is 5.69 Å². The molecule has 1 aliphatic rings. The number of quaternary nitrogens is 1. The standard InChI is InChI=1S/C19H22Cl2N2OS/c20-15-4-3-5-16(12-15)23-10-8-22(9-11-23)13-17(24)14-25-19-7-2-1-6-18(19)21/h1-7,12,17,24H,8-11,13-14H2/p+1/t17-/m1/s1. The Labute approximate surface area is 163 Å². The summed E-state index contributed by atoms with van der Waals surface area (Å²) in [5.74, 6) is 0.672. The van der Waals surface area contributed by atoms with Crippen molar-refractivity contribution in [2.75, 3.05) is 43.4 Å². The first-order valence-electron chi connectivity index (χ1n) is 8.51.